The molecule has 29 heavy (non-hydrogen) atoms. The van der Waals surface area contributed by atoms with Crippen LogP contribution in [0.25, 0.3) is 0 Å². The number of halogens is 2. The van der Waals surface area contributed by atoms with Gasteiger partial charge in [0.15, 0.2) is 0 Å². The average molecular weight is 430 g/mol. The summed E-state index contributed by atoms with van der Waals surface area (Å²) >= 11 is 12.0. The Morgan fingerprint density at radius 1 is 0.862 bits per heavy atom. The van der Waals surface area contributed by atoms with E-state index in [1.54, 1.807) is 48.5 Å². The van der Waals surface area contributed by atoms with Crippen molar-refractivity contribution < 1.29 is 14.4 Å². The van der Waals surface area contributed by atoms with Crippen molar-refractivity contribution in [2.75, 3.05) is 23.3 Å². The zero-order valence-corrected chi connectivity index (χ0v) is 16.8. The number of nitrogens with one attached hydrogen (secondary N) is 1. The third-order valence-electron chi connectivity index (χ3n) is 4.91. The fourth-order valence-corrected chi connectivity index (χ4v) is 3.72. The first-order valence-electron chi connectivity index (χ1n) is 9.16. The Balaban J connectivity index is 1.51. The van der Waals surface area contributed by atoms with Crippen molar-refractivity contribution >= 4 is 52.3 Å². The fourth-order valence-electron chi connectivity index (χ4n) is 3.38. The van der Waals surface area contributed by atoms with E-state index in [9.17, 15) is 14.4 Å². The van der Waals surface area contributed by atoms with Crippen LogP contribution in [0, 0.1) is 0 Å². The molecule has 0 bridgehead atoms. The van der Waals surface area contributed by atoms with Crippen LogP contribution in [0.4, 0.5) is 11.4 Å². The monoisotopic (exact) mass is 429 g/mol. The molecule has 3 amide bonds. The minimum absolute atomic E-state index is 0.00710. The number of carbonyl (C=O) groups excluding carboxylic acids is 3. The lowest BCUT2D eigenvalue weighted by atomic mass is 10.2. The van der Waals surface area contributed by atoms with Crippen molar-refractivity contribution in [1.82, 2.24) is 4.90 Å². The molecule has 6 nitrogen and oxygen atoms in total. The number of benzene rings is 2. The molecule has 0 aromatic heterocycles. The van der Waals surface area contributed by atoms with E-state index in [1.165, 1.54) is 0 Å². The largest absolute Gasteiger partial charge is 0.350 e. The molecule has 8 heteroatoms. The molecule has 0 aliphatic carbocycles. The number of hydrogen-bond donors (Lipinski definition) is 1. The quantitative estimate of drug-likeness (QED) is 0.745. The summed E-state index contributed by atoms with van der Waals surface area (Å²) in [5, 5.41) is 3.20. The standard InChI is InChI=1S/C21H17Cl2N3O3/c22-14-5-9-16(10-6-14)26-20(28)17(23)18(21(26)29)24-15-7-3-13(4-8-15)19(27)25-11-1-2-12-25/h3-10,24H,1-2,11-12H2. The van der Waals surface area contributed by atoms with Gasteiger partial charge in [-0.05, 0) is 61.4 Å². The van der Waals surface area contributed by atoms with Crippen LogP contribution in [0.5, 0.6) is 0 Å². The van der Waals surface area contributed by atoms with Crippen LogP contribution in [0.1, 0.15) is 23.2 Å². The second-order valence-corrected chi connectivity index (χ2v) is 7.63. The summed E-state index contributed by atoms with van der Waals surface area (Å²) in [4.78, 5) is 40.5. The van der Waals surface area contributed by atoms with Gasteiger partial charge in [-0.25, -0.2) is 4.90 Å². The van der Waals surface area contributed by atoms with E-state index >= 15 is 0 Å². The molecule has 4 rings (SSSR count). The lowest BCUT2D eigenvalue weighted by Gasteiger charge is -2.16. The zero-order chi connectivity index (χ0) is 20.5. The molecule has 0 radical (unpaired) electrons. The van der Waals surface area contributed by atoms with Gasteiger partial charge in [0.2, 0.25) is 0 Å². The molecule has 1 saturated heterocycles. The highest BCUT2D eigenvalue weighted by Crippen LogP contribution is 2.30. The fraction of sp³-hybridized carbons (Fsp3) is 0.190. The molecule has 0 atom stereocenters. The zero-order valence-electron chi connectivity index (χ0n) is 15.3. The number of anilines is 2. The molecular weight excluding hydrogens is 413 g/mol. The highest BCUT2D eigenvalue weighted by molar-refractivity contribution is 6.53. The maximum absolute atomic E-state index is 12.8. The Morgan fingerprint density at radius 2 is 1.48 bits per heavy atom. The minimum atomic E-state index is -0.609. The number of hydrogen-bond acceptors (Lipinski definition) is 4. The van der Waals surface area contributed by atoms with Gasteiger partial charge in [0.1, 0.15) is 10.7 Å². The van der Waals surface area contributed by atoms with Crippen molar-refractivity contribution in [2.24, 2.45) is 0 Å². The molecule has 2 aromatic rings. The Morgan fingerprint density at radius 3 is 2.10 bits per heavy atom. The van der Waals surface area contributed by atoms with Crippen molar-refractivity contribution in [1.29, 1.82) is 0 Å². The third-order valence-corrected chi connectivity index (χ3v) is 5.51. The lowest BCUT2D eigenvalue weighted by Crippen LogP contribution is -2.32. The molecule has 148 valence electrons. The van der Waals surface area contributed by atoms with E-state index in [1.807, 2.05) is 4.90 Å². The van der Waals surface area contributed by atoms with E-state index in [0.29, 0.717) is 22.0 Å². The molecule has 0 spiro atoms. The normalized spacial score (nSPS) is 16.8. The molecule has 2 aromatic carbocycles. The molecule has 0 unspecified atom stereocenters. The van der Waals surface area contributed by atoms with Gasteiger partial charge in [-0.3, -0.25) is 14.4 Å². The number of carbonyl (C=O) groups is 3. The highest BCUT2D eigenvalue weighted by atomic mass is 35.5. The van der Waals surface area contributed by atoms with Gasteiger partial charge in [-0.15, -0.1) is 0 Å². The van der Waals surface area contributed by atoms with Gasteiger partial charge in [-0.1, -0.05) is 23.2 Å². The Labute approximate surface area is 177 Å². The van der Waals surface area contributed by atoms with Gasteiger partial charge in [-0.2, -0.15) is 0 Å². The summed E-state index contributed by atoms with van der Waals surface area (Å²) in [7, 11) is 0. The Hall–Kier alpha value is -2.83. The van der Waals surface area contributed by atoms with E-state index in [-0.39, 0.29) is 16.6 Å². The van der Waals surface area contributed by atoms with E-state index in [4.69, 9.17) is 23.2 Å². The Bertz CT molecular complexity index is 1010. The molecular formula is C21H17Cl2N3O3. The van der Waals surface area contributed by atoms with Gasteiger partial charge in [0.25, 0.3) is 17.7 Å². The van der Waals surface area contributed by atoms with E-state index in [2.05, 4.69) is 5.32 Å². The summed E-state index contributed by atoms with van der Waals surface area (Å²) in [6.07, 6.45) is 2.05. The Kier molecular flexibility index (Phi) is 5.30. The predicted molar refractivity (Wildman–Crippen MR) is 112 cm³/mol. The molecule has 2 aliphatic heterocycles. The summed E-state index contributed by atoms with van der Waals surface area (Å²) in [5.41, 5.74) is 1.50. The summed E-state index contributed by atoms with van der Waals surface area (Å²) in [6, 6.07) is 13.1. The van der Waals surface area contributed by atoms with Crippen LogP contribution in [0.3, 0.4) is 0 Å². The first kappa shape index (κ1) is 19.5. The second kappa shape index (κ2) is 7.89. The van der Waals surface area contributed by atoms with Crippen LogP contribution in [0.15, 0.2) is 59.3 Å². The third kappa shape index (κ3) is 3.73. The SMILES string of the molecule is O=C(c1ccc(NC2=C(Cl)C(=O)N(c3ccc(Cl)cc3)C2=O)cc1)N1CCCC1. The minimum Gasteiger partial charge on any atom is -0.350 e. The number of amides is 3. The van der Waals surface area contributed by atoms with Crippen LogP contribution in [-0.4, -0.2) is 35.7 Å². The van der Waals surface area contributed by atoms with Crippen molar-refractivity contribution in [3.05, 3.63) is 69.8 Å². The molecule has 1 fully saturated rings. The summed E-state index contributed by atoms with van der Waals surface area (Å²) < 4.78 is 0. The summed E-state index contributed by atoms with van der Waals surface area (Å²) in [5.74, 6) is -1.17. The van der Waals surface area contributed by atoms with Gasteiger partial charge < -0.3 is 10.2 Å². The average Bonchev–Trinajstić information content (AvgIpc) is 3.33. The van der Waals surface area contributed by atoms with Gasteiger partial charge in [0.05, 0.1) is 5.69 Å². The lowest BCUT2D eigenvalue weighted by molar-refractivity contribution is -0.120. The van der Waals surface area contributed by atoms with Crippen LogP contribution in [-0.2, 0) is 9.59 Å². The topological polar surface area (TPSA) is 69.7 Å². The molecule has 2 aliphatic rings. The smallest absolute Gasteiger partial charge is 0.283 e. The van der Waals surface area contributed by atoms with Crippen molar-refractivity contribution in [3.63, 3.8) is 0 Å². The molecule has 2 heterocycles. The van der Waals surface area contributed by atoms with E-state index in [0.717, 1.165) is 30.8 Å². The number of nitrogens with zero attached hydrogens (tertiary/aromatic N) is 2. The van der Waals surface area contributed by atoms with Crippen LogP contribution >= 0.6 is 23.2 Å². The molecule has 0 saturated carbocycles. The maximum Gasteiger partial charge on any atom is 0.283 e. The maximum atomic E-state index is 12.8. The van der Waals surface area contributed by atoms with Crippen LogP contribution in [0.2, 0.25) is 5.02 Å². The van der Waals surface area contributed by atoms with E-state index < -0.39 is 11.8 Å². The predicted octanol–water partition coefficient (Wildman–Crippen LogP) is 4.01. The first-order valence-corrected chi connectivity index (χ1v) is 9.92. The number of rotatable bonds is 4. The van der Waals surface area contributed by atoms with Gasteiger partial charge in [0, 0.05) is 29.4 Å². The second-order valence-electron chi connectivity index (χ2n) is 6.81. The highest BCUT2D eigenvalue weighted by Gasteiger charge is 2.38. The van der Waals surface area contributed by atoms with Crippen LogP contribution < -0.4 is 10.2 Å². The van der Waals surface area contributed by atoms with Crippen molar-refractivity contribution in [3.8, 4) is 0 Å². The van der Waals surface area contributed by atoms with Gasteiger partial charge >= 0.3 is 0 Å². The summed E-state index contributed by atoms with van der Waals surface area (Å²) in [6.45, 7) is 1.55. The number of imide groups is 1. The van der Waals surface area contributed by atoms with Crippen molar-refractivity contribution in [2.45, 2.75) is 12.8 Å². The molecule has 1 N–H and O–H groups in total. The number of likely N-dealkylation sites (tertiary alicyclic amines) is 1. The first-order chi connectivity index (χ1) is 14.0.